The maximum atomic E-state index is 12.3. The van der Waals surface area contributed by atoms with E-state index in [0.717, 1.165) is 0 Å². The van der Waals surface area contributed by atoms with Gasteiger partial charge in [-0.05, 0) is 6.07 Å². The van der Waals surface area contributed by atoms with Crippen LogP contribution in [-0.2, 0) is 9.53 Å². The van der Waals surface area contributed by atoms with Crippen molar-refractivity contribution in [2.45, 2.75) is 6.10 Å². The average molecular weight is 314 g/mol. The number of amides is 1. The van der Waals surface area contributed by atoms with Crippen molar-refractivity contribution in [2.24, 2.45) is 0 Å². The first-order valence-corrected chi connectivity index (χ1v) is 7.00. The first-order valence-electron chi connectivity index (χ1n) is 7.00. The third kappa shape index (κ3) is 4.06. The number of ether oxygens (including phenoxy) is 2. The van der Waals surface area contributed by atoms with E-state index >= 15 is 0 Å². The minimum atomic E-state index is -0.999. The van der Waals surface area contributed by atoms with Crippen molar-refractivity contribution >= 4 is 11.9 Å². The number of pyridine rings is 1. The summed E-state index contributed by atoms with van der Waals surface area (Å²) in [4.78, 5) is 30.0. The van der Waals surface area contributed by atoms with Crippen molar-refractivity contribution in [1.82, 2.24) is 9.88 Å². The number of esters is 1. The number of hydrogen-bond acceptors (Lipinski definition) is 5. The molecule has 23 heavy (non-hydrogen) atoms. The zero-order valence-electron chi connectivity index (χ0n) is 13.2. The lowest BCUT2D eigenvalue weighted by atomic mass is 10.1. The smallest absolute Gasteiger partial charge is 0.340 e. The van der Waals surface area contributed by atoms with Gasteiger partial charge in [-0.2, -0.15) is 0 Å². The number of methoxy groups -OCH3 is 1. The van der Waals surface area contributed by atoms with E-state index < -0.39 is 12.1 Å². The van der Waals surface area contributed by atoms with E-state index in [0.29, 0.717) is 11.4 Å². The second-order valence-corrected chi connectivity index (χ2v) is 5.02. The summed E-state index contributed by atoms with van der Waals surface area (Å²) in [6.45, 7) is 0. The number of aromatic nitrogens is 1. The molecule has 1 aromatic heterocycles. The van der Waals surface area contributed by atoms with E-state index in [1.54, 1.807) is 44.4 Å². The molecule has 1 atom stereocenters. The van der Waals surface area contributed by atoms with Crippen LogP contribution >= 0.6 is 0 Å². The van der Waals surface area contributed by atoms with Crippen LogP contribution in [0.1, 0.15) is 22.0 Å². The number of carbonyl (C=O) groups excluding carboxylic acids is 2. The van der Waals surface area contributed by atoms with Crippen LogP contribution in [0.3, 0.4) is 0 Å². The van der Waals surface area contributed by atoms with Gasteiger partial charge in [0.15, 0.2) is 0 Å². The average Bonchev–Trinajstić information content (AvgIpc) is 2.59. The zero-order chi connectivity index (χ0) is 16.8. The van der Waals surface area contributed by atoms with Crippen molar-refractivity contribution < 1.29 is 19.1 Å². The molecule has 1 aromatic carbocycles. The van der Waals surface area contributed by atoms with Crippen LogP contribution in [0.5, 0.6) is 5.88 Å². The van der Waals surface area contributed by atoms with Gasteiger partial charge in [-0.25, -0.2) is 9.78 Å². The van der Waals surface area contributed by atoms with Gasteiger partial charge in [-0.3, -0.25) is 4.79 Å². The summed E-state index contributed by atoms with van der Waals surface area (Å²) in [6.07, 6.45) is 0.351. The fourth-order valence-electron chi connectivity index (χ4n) is 1.92. The van der Waals surface area contributed by atoms with Gasteiger partial charge in [-0.1, -0.05) is 30.3 Å². The first kappa shape index (κ1) is 16.5. The summed E-state index contributed by atoms with van der Waals surface area (Å²) in [6, 6.07) is 12.0. The normalized spacial score (nSPS) is 11.4. The van der Waals surface area contributed by atoms with Gasteiger partial charge in [-0.15, -0.1) is 0 Å². The molecule has 0 bridgehead atoms. The Morgan fingerprint density at radius 2 is 1.78 bits per heavy atom. The minimum Gasteiger partial charge on any atom is -0.481 e. The molecular formula is C17H18N2O4. The molecule has 6 nitrogen and oxygen atoms in total. The number of nitrogens with zero attached hydrogens (tertiary/aromatic N) is 2. The van der Waals surface area contributed by atoms with Crippen molar-refractivity contribution in [3.8, 4) is 5.88 Å². The van der Waals surface area contributed by atoms with Crippen LogP contribution in [0.2, 0.25) is 0 Å². The standard InChI is InChI=1S/C17H18N2O4/c1-19(2)16(20)15(12-7-5-4-6-8-12)23-17(21)13-9-10-14(22-3)18-11-13/h4-11,15H,1-3H3/t15-/m1/s1. The molecule has 6 heteroatoms. The number of likely N-dealkylation sites (N-methyl/N-ethyl adjacent to an activating group) is 1. The topological polar surface area (TPSA) is 68.7 Å². The van der Waals surface area contributed by atoms with Gasteiger partial charge in [0.05, 0.1) is 12.7 Å². The van der Waals surface area contributed by atoms with Gasteiger partial charge in [0.2, 0.25) is 12.0 Å². The monoisotopic (exact) mass is 314 g/mol. The van der Waals surface area contributed by atoms with Gasteiger partial charge < -0.3 is 14.4 Å². The molecule has 0 saturated heterocycles. The molecule has 2 rings (SSSR count). The SMILES string of the molecule is COc1ccc(C(=O)O[C@@H](C(=O)N(C)C)c2ccccc2)cn1. The van der Waals surface area contributed by atoms with Crippen LogP contribution in [0.4, 0.5) is 0 Å². The van der Waals surface area contributed by atoms with Gasteiger partial charge in [0.1, 0.15) is 0 Å². The molecule has 0 spiro atoms. The summed E-state index contributed by atoms with van der Waals surface area (Å²) in [7, 11) is 4.71. The molecule has 0 aliphatic carbocycles. The van der Waals surface area contributed by atoms with Crippen molar-refractivity contribution in [2.75, 3.05) is 21.2 Å². The lowest BCUT2D eigenvalue weighted by molar-refractivity contribution is -0.138. The van der Waals surface area contributed by atoms with E-state index in [-0.39, 0.29) is 11.5 Å². The third-order valence-corrected chi connectivity index (χ3v) is 3.17. The number of carbonyl (C=O) groups is 2. The van der Waals surface area contributed by atoms with Crippen LogP contribution in [-0.4, -0.2) is 43.0 Å². The Balaban J connectivity index is 2.23. The van der Waals surface area contributed by atoms with Gasteiger partial charge in [0, 0.05) is 31.9 Å². The zero-order valence-corrected chi connectivity index (χ0v) is 13.2. The van der Waals surface area contributed by atoms with E-state index in [4.69, 9.17) is 9.47 Å². The van der Waals surface area contributed by atoms with E-state index in [1.807, 2.05) is 6.07 Å². The fourth-order valence-corrected chi connectivity index (χ4v) is 1.92. The van der Waals surface area contributed by atoms with E-state index in [9.17, 15) is 9.59 Å². The number of rotatable bonds is 5. The molecule has 0 saturated carbocycles. The van der Waals surface area contributed by atoms with Crippen LogP contribution < -0.4 is 4.74 Å². The minimum absolute atomic E-state index is 0.248. The first-order chi connectivity index (χ1) is 11.0. The molecule has 1 amide bonds. The summed E-state index contributed by atoms with van der Waals surface area (Å²) < 4.78 is 10.4. The van der Waals surface area contributed by atoms with E-state index in [1.165, 1.54) is 24.3 Å². The Kier molecular flexibility index (Phi) is 5.30. The Hall–Kier alpha value is -2.89. The molecule has 0 aliphatic heterocycles. The quantitative estimate of drug-likeness (QED) is 0.790. The highest BCUT2D eigenvalue weighted by Gasteiger charge is 2.27. The molecular weight excluding hydrogens is 296 g/mol. The number of benzene rings is 1. The maximum absolute atomic E-state index is 12.3. The lowest BCUT2D eigenvalue weighted by Gasteiger charge is -2.21. The fraction of sp³-hybridized carbons (Fsp3) is 0.235. The van der Waals surface area contributed by atoms with Crippen LogP contribution in [0.15, 0.2) is 48.7 Å². The Labute approximate surface area is 134 Å². The molecule has 0 radical (unpaired) electrons. The molecule has 0 aliphatic rings. The Morgan fingerprint density at radius 3 is 2.30 bits per heavy atom. The summed E-state index contributed by atoms with van der Waals surface area (Å²) in [5.74, 6) is -0.541. The second kappa shape index (κ2) is 7.40. The van der Waals surface area contributed by atoms with Gasteiger partial charge in [0.25, 0.3) is 5.91 Å². The predicted octanol–water partition coefficient (Wildman–Crippen LogP) is 2.08. The Bertz CT molecular complexity index is 669. The summed E-state index contributed by atoms with van der Waals surface area (Å²) in [5, 5.41) is 0. The van der Waals surface area contributed by atoms with Gasteiger partial charge >= 0.3 is 5.97 Å². The summed E-state index contributed by atoms with van der Waals surface area (Å²) in [5.41, 5.74) is 0.860. The highest BCUT2D eigenvalue weighted by molar-refractivity contribution is 5.92. The molecule has 0 unspecified atom stereocenters. The third-order valence-electron chi connectivity index (χ3n) is 3.17. The Morgan fingerprint density at radius 1 is 1.09 bits per heavy atom. The predicted molar refractivity (Wildman–Crippen MR) is 84.1 cm³/mol. The molecule has 120 valence electrons. The highest BCUT2D eigenvalue weighted by atomic mass is 16.5. The van der Waals surface area contributed by atoms with Crippen LogP contribution in [0.25, 0.3) is 0 Å². The summed E-state index contributed by atoms with van der Waals surface area (Å²) >= 11 is 0. The van der Waals surface area contributed by atoms with E-state index in [2.05, 4.69) is 4.98 Å². The van der Waals surface area contributed by atoms with Crippen molar-refractivity contribution in [3.63, 3.8) is 0 Å². The molecule has 0 fully saturated rings. The number of hydrogen-bond donors (Lipinski definition) is 0. The lowest BCUT2D eigenvalue weighted by Crippen LogP contribution is -2.31. The van der Waals surface area contributed by atoms with Crippen molar-refractivity contribution in [3.05, 3.63) is 59.8 Å². The maximum Gasteiger partial charge on any atom is 0.340 e. The largest absolute Gasteiger partial charge is 0.481 e. The molecule has 2 aromatic rings. The second-order valence-electron chi connectivity index (χ2n) is 5.02. The van der Waals surface area contributed by atoms with Crippen LogP contribution in [0, 0.1) is 0 Å². The van der Waals surface area contributed by atoms with Crippen molar-refractivity contribution in [1.29, 1.82) is 0 Å². The molecule has 1 heterocycles. The molecule has 0 N–H and O–H groups in total. The highest BCUT2D eigenvalue weighted by Crippen LogP contribution is 2.21.